The molecule has 5 heteroatoms. The number of anilines is 1. The molecule has 17 heavy (non-hydrogen) atoms. The molecule has 1 N–H and O–H groups in total. The lowest BCUT2D eigenvalue weighted by molar-refractivity contribution is 0.101. The Bertz CT molecular complexity index is 455. The van der Waals surface area contributed by atoms with Crippen LogP contribution >= 0.6 is 12.2 Å². The van der Waals surface area contributed by atoms with Gasteiger partial charge in [0.05, 0.1) is 6.34 Å². The van der Waals surface area contributed by atoms with Crippen molar-refractivity contribution in [3.63, 3.8) is 0 Å². The first kappa shape index (κ1) is 13.3. The number of carbonyl (C=O) groups is 1. The van der Waals surface area contributed by atoms with Crippen molar-refractivity contribution in [1.29, 1.82) is 0 Å². The number of benzene rings is 1. The van der Waals surface area contributed by atoms with E-state index in [4.69, 9.17) is 12.2 Å². The number of ketones is 1. The summed E-state index contributed by atoms with van der Waals surface area (Å²) in [4.78, 5) is 17.0. The quantitative estimate of drug-likeness (QED) is 0.386. The van der Waals surface area contributed by atoms with Gasteiger partial charge in [0.15, 0.2) is 10.9 Å². The third-order valence-corrected chi connectivity index (χ3v) is 2.13. The van der Waals surface area contributed by atoms with E-state index in [0.717, 1.165) is 5.69 Å². The van der Waals surface area contributed by atoms with Crippen LogP contribution in [-0.2, 0) is 0 Å². The number of hydrogen-bond acceptors (Lipinski definition) is 2. The van der Waals surface area contributed by atoms with Crippen LogP contribution in [0.5, 0.6) is 0 Å². The molecule has 0 fully saturated rings. The van der Waals surface area contributed by atoms with Gasteiger partial charge in [0.1, 0.15) is 0 Å². The maximum atomic E-state index is 11.2. The Morgan fingerprint density at radius 3 is 2.76 bits per heavy atom. The van der Waals surface area contributed by atoms with Gasteiger partial charge in [0.2, 0.25) is 0 Å². The monoisotopic (exact) mass is 249 g/mol. The van der Waals surface area contributed by atoms with Crippen molar-refractivity contribution in [2.24, 2.45) is 4.99 Å². The SMILES string of the molecule is CC(=O)c1cccc(NC(=S)/N=C/N(C)C)c1. The minimum absolute atomic E-state index is 0.0244. The van der Waals surface area contributed by atoms with Gasteiger partial charge < -0.3 is 10.2 Å². The van der Waals surface area contributed by atoms with Gasteiger partial charge in [-0.2, -0.15) is 0 Å². The van der Waals surface area contributed by atoms with E-state index >= 15 is 0 Å². The maximum Gasteiger partial charge on any atom is 0.198 e. The van der Waals surface area contributed by atoms with Gasteiger partial charge in [-0.1, -0.05) is 12.1 Å². The molecule has 0 aliphatic heterocycles. The molecule has 0 bridgehead atoms. The zero-order valence-electron chi connectivity index (χ0n) is 10.1. The van der Waals surface area contributed by atoms with Gasteiger partial charge in [-0.05, 0) is 31.3 Å². The summed E-state index contributed by atoms with van der Waals surface area (Å²) >= 11 is 5.04. The van der Waals surface area contributed by atoms with Crippen LogP contribution in [0.4, 0.5) is 5.69 Å². The fraction of sp³-hybridized carbons (Fsp3) is 0.250. The van der Waals surface area contributed by atoms with Gasteiger partial charge in [-0.25, -0.2) is 4.99 Å². The van der Waals surface area contributed by atoms with Crippen molar-refractivity contribution in [2.75, 3.05) is 19.4 Å². The third-order valence-electron chi connectivity index (χ3n) is 1.93. The first-order chi connectivity index (χ1) is 7.99. The summed E-state index contributed by atoms with van der Waals surface area (Å²) in [6.07, 6.45) is 1.62. The fourth-order valence-corrected chi connectivity index (χ4v) is 1.30. The Hall–Kier alpha value is -1.75. The van der Waals surface area contributed by atoms with E-state index in [2.05, 4.69) is 10.3 Å². The van der Waals surface area contributed by atoms with Crippen molar-refractivity contribution >= 4 is 35.1 Å². The average Bonchev–Trinajstić information content (AvgIpc) is 2.26. The Kier molecular flexibility index (Phi) is 4.78. The Morgan fingerprint density at radius 2 is 2.18 bits per heavy atom. The van der Waals surface area contributed by atoms with E-state index in [1.54, 1.807) is 29.4 Å². The fourth-order valence-electron chi connectivity index (χ4n) is 1.14. The molecule has 0 atom stereocenters. The van der Waals surface area contributed by atoms with Gasteiger partial charge in [-0.15, -0.1) is 0 Å². The van der Waals surface area contributed by atoms with Gasteiger partial charge in [0.25, 0.3) is 0 Å². The van der Waals surface area contributed by atoms with Crippen LogP contribution < -0.4 is 5.32 Å². The summed E-state index contributed by atoms with van der Waals surface area (Å²) in [6.45, 7) is 1.53. The van der Waals surface area contributed by atoms with Gasteiger partial charge in [0, 0.05) is 25.3 Å². The van der Waals surface area contributed by atoms with Crippen LogP contribution in [0.3, 0.4) is 0 Å². The second kappa shape index (κ2) is 6.10. The maximum absolute atomic E-state index is 11.2. The normalized spacial score (nSPS) is 10.3. The molecule has 0 amide bonds. The van der Waals surface area contributed by atoms with Crippen molar-refractivity contribution < 1.29 is 4.79 Å². The molecule has 0 aliphatic rings. The molecule has 0 aromatic heterocycles. The van der Waals surface area contributed by atoms with Crippen LogP contribution in [0.15, 0.2) is 29.3 Å². The van der Waals surface area contributed by atoms with Gasteiger partial charge >= 0.3 is 0 Å². The van der Waals surface area contributed by atoms with Crippen molar-refractivity contribution in [3.8, 4) is 0 Å². The van der Waals surface area contributed by atoms with Crippen LogP contribution in [0.25, 0.3) is 0 Å². The highest BCUT2D eigenvalue weighted by Gasteiger charge is 2.01. The summed E-state index contributed by atoms with van der Waals surface area (Å²) in [5.74, 6) is 0.0244. The zero-order chi connectivity index (χ0) is 12.8. The van der Waals surface area contributed by atoms with Gasteiger partial charge in [-0.3, -0.25) is 4.79 Å². The summed E-state index contributed by atoms with van der Waals surface area (Å²) in [5.41, 5.74) is 1.41. The first-order valence-corrected chi connectivity index (χ1v) is 5.52. The van der Waals surface area contributed by atoms with E-state index in [0.29, 0.717) is 10.7 Å². The standard InChI is InChI=1S/C12H15N3OS/c1-9(16)10-5-4-6-11(7-10)14-12(17)13-8-15(2)3/h4-8H,1-3H3,(H,14,17)/b13-8+. The molecular weight excluding hydrogens is 234 g/mol. The average molecular weight is 249 g/mol. The topological polar surface area (TPSA) is 44.7 Å². The lowest BCUT2D eigenvalue weighted by Crippen LogP contribution is -2.13. The molecule has 0 saturated carbocycles. The lowest BCUT2D eigenvalue weighted by Gasteiger charge is -2.06. The first-order valence-electron chi connectivity index (χ1n) is 5.11. The number of carbonyl (C=O) groups excluding carboxylic acids is 1. The van der Waals surface area contributed by atoms with Crippen LogP contribution in [0, 0.1) is 0 Å². The highest BCUT2D eigenvalue weighted by Crippen LogP contribution is 2.11. The summed E-state index contributed by atoms with van der Waals surface area (Å²) in [7, 11) is 3.73. The Labute approximate surface area is 106 Å². The summed E-state index contributed by atoms with van der Waals surface area (Å²) in [5, 5.41) is 3.31. The van der Waals surface area contributed by atoms with E-state index < -0.39 is 0 Å². The molecule has 1 rings (SSSR count). The number of hydrogen-bond donors (Lipinski definition) is 1. The molecule has 0 radical (unpaired) electrons. The minimum Gasteiger partial charge on any atom is -0.369 e. The summed E-state index contributed by atoms with van der Waals surface area (Å²) < 4.78 is 0. The number of aliphatic imine (C=N–C) groups is 1. The smallest absolute Gasteiger partial charge is 0.198 e. The van der Waals surface area contributed by atoms with Crippen molar-refractivity contribution in [1.82, 2.24) is 4.90 Å². The minimum atomic E-state index is 0.0244. The second-order valence-corrected chi connectivity index (χ2v) is 4.16. The Morgan fingerprint density at radius 1 is 1.47 bits per heavy atom. The molecule has 90 valence electrons. The molecular formula is C12H15N3OS. The second-order valence-electron chi connectivity index (χ2n) is 3.78. The molecule has 0 spiro atoms. The van der Waals surface area contributed by atoms with Crippen molar-refractivity contribution in [3.05, 3.63) is 29.8 Å². The molecule has 1 aromatic carbocycles. The largest absolute Gasteiger partial charge is 0.369 e. The molecule has 0 heterocycles. The predicted octanol–water partition coefficient (Wildman–Crippen LogP) is 2.18. The number of nitrogens with one attached hydrogen (secondary N) is 1. The number of thiocarbonyl (C=S) groups is 1. The Balaban J connectivity index is 2.72. The van der Waals surface area contributed by atoms with E-state index in [9.17, 15) is 4.79 Å². The highest BCUT2D eigenvalue weighted by molar-refractivity contribution is 7.80. The summed E-state index contributed by atoms with van der Waals surface area (Å²) in [6, 6.07) is 7.15. The van der Waals surface area contributed by atoms with E-state index in [1.807, 2.05) is 20.2 Å². The van der Waals surface area contributed by atoms with Crippen LogP contribution in [0.2, 0.25) is 0 Å². The van der Waals surface area contributed by atoms with Crippen molar-refractivity contribution in [2.45, 2.75) is 6.92 Å². The number of nitrogens with zero attached hydrogens (tertiary/aromatic N) is 2. The van der Waals surface area contributed by atoms with Crippen LogP contribution in [0.1, 0.15) is 17.3 Å². The molecule has 0 saturated heterocycles. The zero-order valence-corrected chi connectivity index (χ0v) is 10.9. The lowest BCUT2D eigenvalue weighted by atomic mass is 10.1. The predicted molar refractivity (Wildman–Crippen MR) is 74.8 cm³/mol. The molecule has 0 unspecified atom stereocenters. The number of rotatable bonds is 3. The molecule has 1 aromatic rings. The van der Waals surface area contributed by atoms with E-state index in [-0.39, 0.29) is 5.78 Å². The number of Topliss-reactive ketones (excluding diaryl/α,β-unsaturated/α-hetero) is 1. The van der Waals surface area contributed by atoms with E-state index in [1.165, 1.54) is 6.92 Å². The third kappa shape index (κ3) is 4.74. The molecule has 4 nitrogen and oxygen atoms in total. The molecule has 0 aliphatic carbocycles. The van der Waals surface area contributed by atoms with Crippen LogP contribution in [-0.4, -0.2) is 36.2 Å². The highest BCUT2D eigenvalue weighted by atomic mass is 32.1.